The first kappa shape index (κ1) is 18.2. The van der Waals surface area contributed by atoms with Crippen LogP contribution in [-0.4, -0.2) is 15.9 Å². The van der Waals surface area contributed by atoms with Gasteiger partial charge in [0, 0.05) is 35.7 Å². The van der Waals surface area contributed by atoms with E-state index in [9.17, 15) is 4.79 Å². The van der Waals surface area contributed by atoms with E-state index in [2.05, 4.69) is 10.1 Å². The summed E-state index contributed by atoms with van der Waals surface area (Å²) in [7, 11) is 0. The Morgan fingerprint density at radius 2 is 1.84 bits per heavy atom. The van der Waals surface area contributed by atoms with Crippen LogP contribution < -0.4 is 0 Å². The molecule has 25 heavy (non-hydrogen) atoms. The van der Waals surface area contributed by atoms with Crippen LogP contribution >= 0.6 is 46.4 Å². The molecule has 1 aromatic carbocycles. The summed E-state index contributed by atoms with van der Waals surface area (Å²) in [5, 5.41) is 5.47. The van der Waals surface area contributed by atoms with Crippen LogP contribution in [0.5, 0.6) is 0 Å². The number of hydrogen-bond acceptors (Lipinski definition) is 4. The quantitative estimate of drug-likeness (QED) is 0.369. The highest BCUT2D eigenvalue weighted by Gasteiger charge is 2.15. The maximum atomic E-state index is 12.3. The minimum atomic E-state index is -0.178. The zero-order valence-electron chi connectivity index (χ0n) is 12.6. The molecule has 4 nitrogen and oxygen atoms in total. The third-order valence-corrected chi connectivity index (χ3v) is 4.53. The second-order valence-electron chi connectivity index (χ2n) is 5.22. The topological polar surface area (TPSA) is 56.0 Å². The van der Waals surface area contributed by atoms with E-state index in [1.54, 1.807) is 24.3 Å². The van der Waals surface area contributed by atoms with Crippen LogP contribution in [0.2, 0.25) is 20.2 Å². The third-order valence-electron chi connectivity index (χ3n) is 3.47. The van der Waals surface area contributed by atoms with Crippen LogP contribution in [0.15, 0.2) is 41.1 Å². The Bertz CT molecular complexity index is 940. The lowest BCUT2D eigenvalue weighted by molar-refractivity contribution is 0.0980. The highest BCUT2D eigenvalue weighted by atomic mass is 35.5. The van der Waals surface area contributed by atoms with Crippen molar-refractivity contribution < 1.29 is 9.32 Å². The molecule has 0 amide bonds. The van der Waals surface area contributed by atoms with Crippen LogP contribution in [0.3, 0.4) is 0 Å². The molecular formula is C17H10Cl4N2O2. The maximum absolute atomic E-state index is 12.3. The second kappa shape index (κ2) is 7.75. The largest absolute Gasteiger partial charge is 0.361 e. The van der Waals surface area contributed by atoms with Gasteiger partial charge in [-0.2, -0.15) is 0 Å². The van der Waals surface area contributed by atoms with E-state index in [-0.39, 0.29) is 22.9 Å². The number of aromatic nitrogens is 2. The molecule has 3 rings (SSSR count). The Morgan fingerprint density at radius 3 is 2.60 bits per heavy atom. The van der Waals surface area contributed by atoms with Gasteiger partial charge in [-0.25, -0.2) is 4.98 Å². The van der Waals surface area contributed by atoms with E-state index in [1.165, 1.54) is 12.3 Å². The van der Waals surface area contributed by atoms with Crippen molar-refractivity contribution in [2.75, 3.05) is 0 Å². The summed E-state index contributed by atoms with van der Waals surface area (Å²) in [5.74, 6) is 0.378. The molecule has 0 radical (unpaired) electrons. The van der Waals surface area contributed by atoms with Gasteiger partial charge >= 0.3 is 0 Å². The summed E-state index contributed by atoms with van der Waals surface area (Å²) in [6.07, 6.45) is 1.93. The summed E-state index contributed by atoms with van der Waals surface area (Å²) >= 11 is 23.8. The van der Waals surface area contributed by atoms with Gasteiger partial charge in [0.2, 0.25) is 0 Å². The molecule has 3 aromatic rings. The lowest BCUT2D eigenvalue weighted by atomic mass is 10.1. The fraction of sp³-hybridized carbons (Fsp3) is 0.118. The van der Waals surface area contributed by atoms with E-state index in [0.29, 0.717) is 38.5 Å². The molecule has 0 fully saturated rings. The van der Waals surface area contributed by atoms with Crippen molar-refractivity contribution in [3.63, 3.8) is 0 Å². The standard InChI is InChI=1S/C17H10Cl4N2O2/c18-9-1-3-12(14(20)6-9)15-7-11(25-23-15)2-4-16(24)13-5-10(19)8-22-17(13)21/h1,3,5-8H,2,4H2. The number of carbonyl (C=O) groups is 1. The smallest absolute Gasteiger partial charge is 0.166 e. The van der Waals surface area contributed by atoms with Crippen molar-refractivity contribution in [1.29, 1.82) is 0 Å². The van der Waals surface area contributed by atoms with E-state index in [4.69, 9.17) is 50.9 Å². The monoisotopic (exact) mass is 414 g/mol. The van der Waals surface area contributed by atoms with Crippen molar-refractivity contribution in [2.45, 2.75) is 12.8 Å². The summed E-state index contributed by atoms with van der Waals surface area (Å²) in [5.41, 5.74) is 1.57. The SMILES string of the molecule is O=C(CCc1cc(-c2ccc(Cl)cc2Cl)no1)c1cc(Cl)cnc1Cl. The van der Waals surface area contributed by atoms with Crippen LogP contribution in [0.25, 0.3) is 11.3 Å². The fourth-order valence-electron chi connectivity index (χ4n) is 2.24. The highest BCUT2D eigenvalue weighted by molar-refractivity contribution is 6.36. The van der Waals surface area contributed by atoms with Crippen molar-refractivity contribution >= 4 is 52.2 Å². The van der Waals surface area contributed by atoms with E-state index >= 15 is 0 Å². The number of benzene rings is 1. The Kier molecular flexibility index (Phi) is 5.64. The average Bonchev–Trinajstić information content (AvgIpc) is 3.03. The lowest BCUT2D eigenvalue weighted by Gasteiger charge is -2.02. The molecule has 0 unspecified atom stereocenters. The first-order valence-electron chi connectivity index (χ1n) is 7.19. The number of rotatable bonds is 5. The third kappa shape index (κ3) is 4.33. The number of ketones is 1. The molecule has 0 atom stereocenters. The Morgan fingerprint density at radius 1 is 1.04 bits per heavy atom. The molecule has 0 saturated carbocycles. The van der Waals surface area contributed by atoms with E-state index in [0.717, 1.165) is 0 Å². The number of Topliss-reactive ketones (excluding diaryl/α,β-unsaturated/α-hetero) is 1. The summed E-state index contributed by atoms with van der Waals surface area (Å²) in [6, 6.07) is 8.34. The summed E-state index contributed by atoms with van der Waals surface area (Å²) in [6.45, 7) is 0. The maximum Gasteiger partial charge on any atom is 0.166 e. The number of aryl methyl sites for hydroxylation is 1. The molecule has 0 aliphatic carbocycles. The first-order chi connectivity index (χ1) is 11.9. The Balaban J connectivity index is 1.71. The fourth-order valence-corrected chi connectivity index (χ4v) is 3.12. The van der Waals surface area contributed by atoms with Crippen LogP contribution in [0.1, 0.15) is 22.5 Å². The van der Waals surface area contributed by atoms with E-state index < -0.39 is 0 Å². The zero-order chi connectivity index (χ0) is 18.0. The molecule has 0 aliphatic rings. The van der Waals surface area contributed by atoms with Crippen molar-refractivity contribution in [3.8, 4) is 11.3 Å². The normalized spacial score (nSPS) is 10.9. The predicted molar refractivity (Wildman–Crippen MR) is 98.9 cm³/mol. The van der Waals surface area contributed by atoms with Gasteiger partial charge in [0.1, 0.15) is 16.6 Å². The van der Waals surface area contributed by atoms with Gasteiger partial charge < -0.3 is 4.52 Å². The van der Waals surface area contributed by atoms with Gasteiger partial charge in [0.25, 0.3) is 0 Å². The minimum Gasteiger partial charge on any atom is -0.361 e. The average molecular weight is 416 g/mol. The van der Waals surface area contributed by atoms with E-state index in [1.807, 2.05) is 0 Å². The number of halogens is 4. The second-order valence-corrected chi connectivity index (χ2v) is 6.86. The number of hydrogen-bond donors (Lipinski definition) is 0. The minimum absolute atomic E-state index is 0.126. The number of pyridine rings is 1. The molecule has 128 valence electrons. The molecule has 2 heterocycles. The summed E-state index contributed by atoms with van der Waals surface area (Å²) in [4.78, 5) is 16.1. The van der Waals surface area contributed by atoms with Crippen molar-refractivity contribution in [2.24, 2.45) is 0 Å². The predicted octanol–water partition coefficient (Wildman–Crippen LogP) is 6.17. The van der Waals surface area contributed by atoms with Gasteiger partial charge in [-0.05, 0) is 24.3 Å². The molecule has 0 bridgehead atoms. The number of nitrogens with zero attached hydrogens (tertiary/aromatic N) is 2. The van der Waals surface area contributed by atoms with Crippen LogP contribution in [0.4, 0.5) is 0 Å². The van der Waals surface area contributed by atoms with Crippen LogP contribution in [-0.2, 0) is 6.42 Å². The molecular weight excluding hydrogens is 406 g/mol. The molecule has 0 N–H and O–H groups in total. The molecule has 0 spiro atoms. The summed E-state index contributed by atoms with van der Waals surface area (Å²) < 4.78 is 5.28. The van der Waals surface area contributed by atoms with Gasteiger partial charge in [-0.3, -0.25) is 4.79 Å². The van der Waals surface area contributed by atoms with Crippen LogP contribution in [0, 0.1) is 0 Å². The molecule has 2 aromatic heterocycles. The van der Waals surface area contributed by atoms with Gasteiger partial charge in [0.05, 0.1) is 15.6 Å². The van der Waals surface area contributed by atoms with Gasteiger partial charge in [-0.1, -0.05) is 51.6 Å². The number of carbonyl (C=O) groups excluding carboxylic acids is 1. The van der Waals surface area contributed by atoms with Gasteiger partial charge in [0.15, 0.2) is 5.78 Å². The molecule has 0 saturated heterocycles. The lowest BCUT2D eigenvalue weighted by Crippen LogP contribution is -2.03. The Labute approximate surface area is 163 Å². The molecule has 8 heteroatoms. The van der Waals surface area contributed by atoms with Crippen molar-refractivity contribution in [1.82, 2.24) is 10.1 Å². The molecule has 0 aliphatic heterocycles. The van der Waals surface area contributed by atoms with Gasteiger partial charge in [-0.15, -0.1) is 0 Å². The first-order valence-corrected chi connectivity index (χ1v) is 8.70. The zero-order valence-corrected chi connectivity index (χ0v) is 15.6. The Hall–Kier alpha value is -1.59. The highest BCUT2D eigenvalue weighted by Crippen LogP contribution is 2.30. The van der Waals surface area contributed by atoms with Crippen molar-refractivity contribution in [3.05, 3.63) is 68.1 Å².